The molecule has 8 aromatic heterocycles. The van der Waals surface area contributed by atoms with Gasteiger partial charge in [-0.3, -0.25) is 4.98 Å². The molecule has 0 fully saturated rings. The van der Waals surface area contributed by atoms with Crippen molar-refractivity contribution >= 4 is 98.4 Å². The van der Waals surface area contributed by atoms with E-state index in [4.69, 9.17) is 35.6 Å². The lowest BCUT2D eigenvalue weighted by Gasteiger charge is -2.10. The van der Waals surface area contributed by atoms with Gasteiger partial charge in [-0.2, -0.15) is 0 Å². The maximum atomic E-state index is 8.14. The summed E-state index contributed by atoms with van der Waals surface area (Å²) < 4.78 is 97.8. The molecule has 0 aliphatic heterocycles. The summed E-state index contributed by atoms with van der Waals surface area (Å²) in [4.78, 5) is 9.64. The van der Waals surface area contributed by atoms with Crippen LogP contribution >= 0.6 is 0 Å². The van der Waals surface area contributed by atoms with E-state index in [2.05, 4.69) is 86.6 Å². The van der Waals surface area contributed by atoms with Crippen molar-refractivity contribution < 1.29 is 39.3 Å². The van der Waals surface area contributed by atoms with Gasteiger partial charge in [0.1, 0.15) is 54.5 Å². The van der Waals surface area contributed by atoms with E-state index in [1.54, 1.807) is 18.6 Å². The average Bonchev–Trinajstić information content (AvgIpc) is 1.48. The van der Waals surface area contributed by atoms with Gasteiger partial charge in [-0.25, -0.2) is 18.7 Å². The van der Waals surface area contributed by atoms with Crippen molar-refractivity contribution in [3.63, 3.8) is 0 Å². The van der Waals surface area contributed by atoms with Crippen LogP contribution in [0, 0.1) is 48.3 Å². The maximum Gasteiger partial charge on any atom is 0.213 e. The maximum absolute atomic E-state index is 8.14. The van der Waals surface area contributed by atoms with Crippen molar-refractivity contribution in [3.05, 3.63) is 294 Å². The molecule has 0 aliphatic rings. The summed E-state index contributed by atoms with van der Waals surface area (Å²) in [5.74, 6) is 0. The molecule has 0 amide bonds. The van der Waals surface area contributed by atoms with E-state index < -0.39 is 20.6 Å². The third kappa shape index (κ3) is 10.6. The predicted molar refractivity (Wildman–Crippen MR) is 399 cm³/mol. The number of benzene rings is 10. The van der Waals surface area contributed by atoms with Crippen molar-refractivity contribution in [1.29, 1.82) is 0 Å². The minimum absolute atomic E-state index is 0.329. The summed E-state index contributed by atoms with van der Waals surface area (Å²) in [5.41, 5.74) is 22.3. The van der Waals surface area contributed by atoms with Crippen LogP contribution in [0.15, 0.2) is 269 Å². The Bertz CT molecular complexity index is 6300. The number of rotatable bonds is 6. The minimum Gasteiger partial charge on any atom is -0.455 e. The molecule has 0 spiro atoms. The second kappa shape index (κ2) is 24.2. The molecule has 18 aromatic rings. The second-order valence-corrected chi connectivity index (χ2v) is 25.3. The first-order valence-electron chi connectivity index (χ1n) is 36.9. The van der Waals surface area contributed by atoms with Crippen LogP contribution < -0.4 is 13.7 Å². The lowest BCUT2D eigenvalue weighted by molar-refractivity contribution is -0.660. The van der Waals surface area contributed by atoms with E-state index in [0.717, 1.165) is 177 Å². The fourth-order valence-electron chi connectivity index (χ4n) is 14.0. The van der Waals surface area contributed by atoms with Crippen molar-refractivity contribution in [2.45, 2.75) is 48.3 Å². The van der Waals surface area contributed by atoms with E-state index in [-0.39, 0.29) is 0 Å². The van der Waals surface area contributed by atoms with Gasteiger partial charge in [0.05, 0.1) is 0 Å². The first-order chi connectivity index (χ1) is 50.8. The number of aromatic nitrogens is 5. The van der Waals surface area contributed by atoms with Gasteiger partial charge >= 0.3 is 0 Å². The van der Waals surface area contributed by atoms with Crippen LogP contribution in [0.2, 0.25) is 0 Å². The fourth-order valence-corrected chi connectivity index (χ4v) is 14.0. The molecule has 0 atom stereocenters. The van der Waals surface area contributed by atoms with E-state index in [0.29, 0.717) is 27.8 Å². The number of aryl methyl sites for hydroxylation is 10. The molecule has 0 N–H and O–H groups in total. The molecular formula is C89H72N5O3+3. The monoisotopic (exact) mass is 1270 g/mol. The van der Waals surface area contributed by atoms with Crippen LogP contribution in [0.1, 0.15) is 51.4 Å². The van der Waals surface area contributed by atoms with Gasteiger partial charge in [-0.1, -0.05) is 170 Å². The molecular weight excluding hydrogens is 1190 g/mol. The minimum atomic E-state index is -2.23. The van der Waals surface area contributed by atoms with Crippen LogP contribution in [0.3, 0.4) is 0 Å². The molecule has 8 nitrogen and oxygen atoms in total. The highest BCUT2D eigenvalue weighted by molar-refractivity contribution is 6.17. The van der Waals surface area contributed by atoms with Gasteiger partial charge in [0.15, 0.2) is 29.8 Å². The van der Waals surface area contributed by atoms with Crippen molar-refractivity contribution in [1.82, 2.24) is 9.97 Å². The van der Waals surface area contributed by atoms with E-state index in [1.807, 2.05) is 213 Å². The summed E-state index contributed by atoms with van der Waals surface area (Å²) in [6.07, 6.45) is 7.09. The number of hydrogen-bond donors (Lipinski definition) is 0. The second-order valence-electron chi connectivity index (χ2n) is 25.3. The summed E-state index contributed by atoms with van der Waals surface area (Å²) in [6.45, 7) is 1.51. The van der Waals surface area contributed by atoms with Crippen LogP contribution in [0.5, 0.6) is 0 Å². The molecule has 97 heavy (non-hydrogen) atoms. The third-order valence-electron chi connectivity index (χ3n) is 19.0. The highest BCUT2D eigenvalue weighted by atomic mass is 16.3. The zero-order chi connectivity index (χ0) is 73.8. The Kier molecular flexibility index (Phi) is 12.6. The van der Waals surface area contributed by atoms with E-state index in [9.17, 15) is 0 Å². The quantitative estimate of drug-likeness (QED) is 0.155. The standard InChI is InChI=1S/C30H25N2O.C30H24NO.C29H23N2O/c1-18-14-28-26(29-30(33-28)23-13-9-8-12-22(23)20(3)31-29)15-25(18)27-16-24(19(2)17-32(27)4)21-10-6-5-7-11-21;1-19-15-29-27(24-14-13-22-11-7-8-12-23(22)30(24)32-29)16-26(19)28-17-25(20(2)18-31(28)3)21-9-5-4-6-10-21;1-18-13-27-25(28-29(32-27)22-12-8-7-11-21(22)16-30-28)14-24(18)26-15-23(19(2)17-31(26)3)20-9-5-4-6-10-20/h5-17H,1-4H3;4-18H,1-3H3;4-17H,1-3H3/q3*+1/i3*2D3. The molecule has 0 radical (unpaired) electrons. The molecule has 10 aromatic carbocycles. The normalized spacial score (nSPS) is 13.4. The number of hydrogen-bond acceptors (Lipinski definition) is 5. The average molecular weight is 1270 g/mol. The SMILES string of the molecule is [2H]C([2H])([2H])c1c[n+](C)c(-c2cc3c(cc2C)oc2c4ccccc4c(C)nc32)cc1-c1ccccc1.[2H]C([2H])([2H])c1c[n+](C)c(-c2cc3c(cc2C)oc2c4ccccc4ccc32)cc1-c1ccccc1.[2H]C([2H])([2H])c1c[n+](C)c(-c2cc3c(cc2C)oc2c4ccccc4cnc32)cc1-c1ccccc1. The molecule has 0 unspecified atom stereocenters. The summed E-state index contributed by atoms with van der Waals surface area (Å²) in [7, 11) is 5.69. The Morgan fingerprint density at radius 3 is 1.16 bits per heavy atom. The van der Waals surface area contributed by atoms with Crippen molar-refractivity contribution in [2.75, 3.05) is 0 Å². The molecule has 8 heteroatoms. The van der Waals surface area contributed by atoms with Crippen LogP contribution in [0.25, 0.3) is 166 Å². The third-order valence-corrected chi connectivity index (χ3v) is 19.0. The Hall–Kier alpha value is -11.9. The highest BCUT2D eigenvalue weighted by Crippen LogP contribution is 2.42. The molecule has 0 aliphatic carbocycles. The van der Waals surface area contributed by atoms with Gasteiger partial charge in [-0.05, 0) is 146 Å². The van der Waals surface area contributed by atoms with Gasteiger partial charge in [-0.15, -0.1) is 0 Å². The largest absolute Gasteiger partial charge is 0.455 e. The van der Waals surface area contributed by atoms with Gasteiger partial charge in [0.25, 0.3) is 0 Å². The van der Waals surface area contributed by atoms with Crippen molar-refractivity contribution in [2.24, 2.45) is 21.1 Å². The van der Waals surface area contributed by atoms with Crippen LogP contribution in [-0.2, 0) is 21.1 Å². The smallest absolute Gasteiger partial charge is 0.213 e. The topological polar surface area (TPSA) is 76.8 Å². The van der Waals surface area contributed by atoms with E-state index >= 15 is 0 Å². The fraction of sp³-hybridized carbons (Fsp3) is 0.112. The zero-order valence-electron chi connectivity index (χ0n) is 63.7. The highest BCUT2D eigenvalue weighted by Gasteiger charge is 2.25. The molecule has 0 saturated heterocycles. The van der Waals surface area contributed by atoms with Crippen LogP contribution in [0.4, 0.5) is 0 Å². The Morgan fingerprint density at radius 1 is 0.309 bits per heavy atom. The first-order valence-corrected chi connectivity index (χ1v) is 32.4. The summed E-state index contributed by atoms with van der Waals surface area (Å²) >= 11 is 0. The predicted octanol–water partition coefficient (Wildman–Crippen LogP) is 21.6. The Balaban J connectivity index is 0.000000122. The molecule has 8 heterocycles. The first kappa shape index (κ1) is 50.6. The summed E-state index contributed by atoms with van der Waals surface area (Å²) in [5, 5.41) is 10.5. The number of furan rings is 3. The van der Waals surface area contributed by atoms with Crippen LogP contribution in [-0.4, -0.2) is 9.97 Å². The molecule has 0 saturated carbocycles. The molecule has 0 bridgehead atoms. The number of nitrogens with zero attached hydrogens (tertiary/aromatic N) is 5. The number of pyridine rings is 5. The number of fused-ring (bicyclic) bond motifs is 15. The van der Waals surface area contributed by atoms with Gasteiger partial charge < -0.3 is 13.3 Å². The molecule has 468 valence electrons. The van der Waals surface area contributed by atoms with Gasteiger partial charge in [0, 0.05) is 124 Å². The Labute approximate surface area is 575 Å². The van der Waals surface area contributed by atoms with Crippen molar-refractivity contribution in [3.8, 4) is 67.2 Å². The summed E-state index contributed by atoms with van der Waals surface area (Å²) in [6, 6.07) is 76.4. The van der Waals surface area contributed by atoms with E-state index in [1.165, 1.54) is 0 Å². The Morgan fingerprint density at radius 2 is 0.680 bits per heavy atom. The lowest BCUT2D eigenvalue weighted by Crippen LogP contribution is -2.31. The lowest BCUT2D eigenvalue weighted by atomic mass is 9.96. The van der Waals surface area contributed by atoms with Gasteiger partial charge in [0.2, 0.25) is 17.1 Å². The molecule has 18 rings (SSSR count). The zero-order valence-corrected chi connectivity index (χ0v) is 54.7.